The average Bonchev–Trinajstić information content (AvgIpc) is 2.91. The zero-order chi connectivity index (χ0) is 22.2. The molecule has 0 bridgehead atoms. The van der Waals surface area contributed by atoms with Crippen molar-refractivity contribution in [2.45, 2.75) is 59.0 Å². The van der Waals surface area contributed by atoms with Crippen molar-refractivity contribution in [1.82, 2.24) is 4.90 Å². The lowest BCUT2D eigenvalue weighted by molar-refractivity contribution is -0.384. The van der Waals surface area contributed by atoms with Crippen LogP contribution < -0.4 is 5.32 Å². The largest absolute Gasteiger partial charge is 0.441 e. The van der Waals surface area contributed by atoms with Crippen molar-refractivity contribution in [3.63, 3.8) is 0 Å². The molecular formula is C22H30N4O4. The van der Waals surface area contributed by atoms with Gasteiger partial charge in [0.05, 0.1) is 23.1 Å². The molecule has 1 heterocycles. The molecule has 1 N–H and O–H groups in total. The molecule has 0 radical (unpaired) electrons. The monoisotopic (exact) mass is 414 g/mol. The van der Waals surface area contributed by atoms with Crippen LogP contribution in [0.25, 0.3) is 0 Å². The molecule has 1 aliphatic heterocycles. The van der Waals surface area contributed by atoms with Gasteiger partial charge in [-0.1, -0.05) is 27.7 Å². The summed E-state index contributed by atoms with van der Waals surface area (Å²) in [6.45, 7) is 10.2. The summed E-state index contributed by atoms with van der Waals surface area (Å²) in [5, 5.41) is 23.7. The third-order valence-corrected chi connectivity index (χ3v) is 5.90. The maximum atomic E-state index is 12.5. The lowest BCUT2D eigenvalue weighted by Gasteiger charge is -2.43. The number of rotatable bonds is 5. The predicted molar refractivity (Wildman–Crippen MR) is 113 cm³/mol. The van der Waals surface area contributed by atoms with Crippen LogP contribution >= 0.6 is 0 Å². The number of benzene rings is 1. The Morgan fingerprint density at radius 1 is 1.37 bits per heavy atom. The zero-order valence-electron chi connectivity index (χ0n) is 18.2. The van der Waals surface area contributed by atoms with E-state index in [4.69, 9.17) is 10.00 Å². The Morgan fingerprint density at radius 2 is 2.10 bits per heavy atom. The summed E-state index contributed by atoms with van der Waals surface area (Å²) in [6, 6.07) is 6.34. The Hall–Kier alpha value is -2.82. The first-order valence-electron chi connectivity index (χ1n) is 10.3. The molecule has 8 nitrogen and oxygen atoms in total. The first-order valence-corrected chi connectivity index (χ1v) is 10.3. The molecule has 162 valence electrons. The number of nitro groups is 1. The van der Waals surface area contributed by atoms with Crippen LogP contribution in [0.15, 0.2) is 18.2 Å². The van der Waals surface area contributed by atoms with Gasteiger partial charge in [0.25, 0.3) is 5.69 Å². The SMILES string of the molecule is CC(C)(C)CN1C[C@@]2(CCC[C@](C)(CNc3cc(C#N)ccc3[N+](=O)[O-])C2)OC1=O. The highest BCUT2D eigenvalue weighted by atomic mass is 16.6. The number of nitro benzene ring substituents is 1. The van der Waals surface area contributed by atoms with Crippen molar-refractivity contribution in [2.75, 3.05) is 25.0 Å². The van der Waals surface area contributed by atoms with Crippen molar-refractivity contribution in [3.05, 3.63) is 33.9 Å². The Morgan fingerprint density at radius 3 is 2.73 bits per heavy atom. The van der Waals surface area contributed by atoms with Gasteiger partial charge < -0.3 is 15.0 Å². The highest BCUT2D eigenvalue weighted by Crippen LogP contribution is 2.46. The second-order valence-corrected chi connectivity index (χ2v) is 10.3. The Balaban J connectivity index is 1.73. The number of nitriles is 1. The second-order valence-electron chi connectivity index (χ2n) is 10.3. The first kappa shape index (κ1) is 21.9. The van der Waals surface area contributed by atoms with Gasteiger partial charge in [-0.2, -0.15) is 5.26 Å². The molecule has 2 fully saturated rings. The second kappa shape index (κ2) is 7.78. The summed E-state index contributed by atoms with van der Waals surface area (Å²) in [5.74, 6) is 0. The molecule has 1 spiro atoms. The van der Waals surface area contributed by atoms with Crippen LogP contribution in [-0.2, 0) is 4.74 Å². The molecule has 0 unspecified atom stereocenters. The van der Waals surface area contributed by atoms with E-state index >= 15 is 0 Å². The lowest BCUT2D eigenvalue weighted by atomic mass is 9.68. The fourth-order valence-corrected chi connectivity index (χ4v) is 4.77. The van der Waals surface area contributed by atoms with Crippen molar-refractivity contribution in [1.29, 1.82) is 5.26 Å². The van der Waals surface area contributed by atoms with E-state index in [-0.39, 0.29) is 22.6 Å². The molecule has 3 rings (SSSR count). The van der Waals surface area contributed by atoms with E-state index in [0.717, 1.165) is 19.3 Å². The third kappa shape index (κ3) is 4.84. The van der Waals surface area contributed by atoms with Crippen LogP contribution in [0, 0.1) is 32.3 Å². The van der Waals surface area contributed by atoms with E-state index in [1.807, 2.05) is 6.07 Å². The van der Waals surface area contributed by atoms with E-state index in [1.54, 1.807) is 4.90 Å². The number of hydrogen-bond donors (Lipinski definition) is 1. The number of carbonyl (C=O) groups excluding carboxylic acids is 1. The van der Waals surface area contributed by atoms with Crippen LogP contribution in [0.4, 0.5) is 16.2 Å². The molecule has 2 aliphatic rings. The Kier molecular flexibility index (Phi) is 5.68. The number of nitrogens with one attached hydrogen (secondary N) is 1. The number of amides is 1. The van der Waals surface area contributed by atoms with Gasteiger partial charge in [0.1, 0.15) is 11.3 Å². The number of nitrogens with zero attached hydrogens (tertiary/aromatic N) is 3. The van der Waals surface area contributed by atoms with Gasteiger partial charge in [-0.25, -0.2) is 4.79 Å². The summed E-state index contributed by atoms with van der Waals surface area (Å²) < 4.78 is 5.90. The highest BCUT2D eigenvalue weighted by Gasteiger charge is 2.51. The summed E-state index contributed by atoms with van der Waals surface area (Å²) in [7, 11) is 0. The number of carbonyl (C=O) groups is 1. The van der Waals surface area contributed by atoms with Gasteiger partial charge in [-0.05, 0) is 48.6 Å². The molecule has 8 heteroatoms. The smallest absolute Gasteiger partial charge is 0.410 e. The minimum Gasteiger partial charge on any atom is -0.441 e. The summed E-state index contributed by atoms with van der Waals surface area (Å²) in [6.07, 6.45) is 3.14. The minimum atomic E-state index is -0.503. The van der Waals surface area contributed by atoms with E-state index in [2.05, 4.69) is 33.0 Å². The van der Waals surface area contributed by atoms with E-state index < -0.39 is 10.5 Å². The molecule has 1 saturated heterocycles. The molecule has 1 aromatic carbocycles. The van der Waals surface area contributed by atoms with Crippen LogP contribution in [0.1, 0.15) is 58.9 Å². The van der Waals surface area contributed by atoms with Crippen molar-refractivity contribution < 1.29 is 14.5 Å². The summed E-state index contributed by atoms with van der Waals surface area (Å²) in [4.78, 5) is 25.2. The number of hydrogen-bond acceptors (Lipinski definition) is 6. The standard InChI is InChI=1S/C22H30N4O4/c1-20(2,3)14-25-15-22(30-19(25)27)9-5-8-21(4,12-22)13-24-17-10-16(11-23)6-7-18(17)26(28)29/h6-7,10,24H,5,8-9,12-15H2,1-4H3/t21-,22-/m0/s1. The zero-order valence-corrected chi connectivity index (χ0v) is 18.2. The van der Waals surface area contributed by atoms with Gasteiger partial charge in [0.15, 0.2) is 0 Å². The van der Waals surface area contributed by atoms with Crippen molar-refractivity contribution in [3.8, 4) is 6.07 Å². The molecule has 1 aromatic rings. The summed E-state index contributed by atoms with van der Waals surface area (Å²) >= 11 is 0. The average molecular weight is 415 g/mol. The van der Waals surface area contributed by atoms with Crippen LogP contribution in [0.5, 0.6) is 0 Å². The van der Waals surface area contributed by atoms with Crippen molar-refractivity contribution in [2.24, 2.45) is 10.8 Å². The third-order valence-electron chi connectivity index (χ3n) is 5.90. The predicted octanol–water partition coefficient (Wildman–Crippen LogP) is 4.70. The molecular weight excluding hydrogens is 384 g/mol. The number of ether oxygens (including phenoxy) is 1. The molecule has 1 saturated carbocycles. The fourth-order valence-electron chi connectivity index (χ4n) is 4.77. The van der Waals surface area contributed by atoms with Crippen molar-refractivity contribution >= 4 is 17.5 Å². The maximum Gasteiger partial charge on any atom is 0.410 e. The van der Waals surface area contributed by atoms with Crippen LogP contribution in [-0.4, -0.2) is 41.2 Å². The molecule has 2 atom stereocenters. The van der Waals surface area contributed by atoms with E-state index in [0.29, 0.717) is 37.3 Å². The van der Waals surface area contributed by atoms with Gasteiger partial charge in [-0.3, -0.25) is 10.1 Å². The van der Waals surface area contributed by atoms with Gasteiger partial charge in [0, 0.05) is 19.2 Å². The highest BCUT2D eigenvalue weighted by molar-refractivity contribution is 5.71. The quantitative estimate of drug-likeness (QED) is 0.553. The van der Waals surface area contributed by atoms with Crippen LogP contribution in [0.2, 0.25) is 0 Å². The van der Waals surface area contributed by atoms with Crippen LogP contribution in [0.3, 0.4) is 0 Å². The minimum absolute atomic E-state index is 0.00519. The van der Waals surface area contributed by atoms with E-state index in [9.17, 15) is 14.9 Å². The normalized spacial score (nSPS) is 26.4. The Labute approximate surface area is 177 Å². The maximum absolute atomic E-state index is 12.5. The number of anilines is 1. The lowest BCUT2D eigenvalue weighted by Crippen LogP contribution is -2.46. The first-order chi connectivity index (χ1) is 13.9. The summed E-state index contributed by atoms with van der Waals surface area (Å²) in [5.41, 5.74) is -0.0284. The van der Waals surface area contributed by atoms with E-state index in [1.165, 1.54) is 18.2 Å². The molecule has 30 heavy (non-hydrogen) atoms. The topological polar surface area (TPSA) is 108 Å². The van der Waals surface area contributed by atoms with Gasteiger partial charge in [-0.15, -0.1) is 0 Å². The molecule has 1 amide bonds. The molecule has 0 aromatic heterocycles. The Bertz CT molecular complexity index is 888. The van der Waals surface area contributed by atoms with Gasteiger partial charge in [0.2, 0.25) is 0 Å². The molecule has 1 aliphatic carbocycles. The van der Waals surface area contributed by atoms with Gasteiger partial charge >= 0.3 is 6.09 Å². The fraction of sp³-hybridized carbons (Fsp3) is 0.636.